The van der Waals surface area contributed by atoms with Gasteiger partial charge in [-0.15, -0.1) is 0 Å². The van der Waals surface area contributed by atoms with Crippen LogP contribution in [0.3, 0.4) is 0 Å². The van der Waals surface area contributed by atoms with Crippen molar-refractivity contribution in [1.29, 1.82) is 0 Å². The fourth-order valence-corrected chi connectivity index (χ4v) is 0.360. The van der Waals surface area contributed by atoms with Crippen LogP contribution in [-0.4, -0.2) is 24.1 Å². The van der Waals surface area contributed by atoms with Crippen molar-refractivity contribution in [3.05, 3.63) is 0 Å². The Bertz CT molecular complexity index is 177. The highest BCUT2D eigenvalue weighted by molar-refractivity contribution is 5.72. The molecule has 0 fully saturated rings. The van der Waals surface area contributed by atoms with Crippen molar-refractivity contribution in [1.82, 2.24) is 0 Å². The highest BCUT2D eigenvalue weighted by atomic mass is 16.5. The average molecular weight is 232 g/mol. The Balaban J connectivity index is -0.000000179. The number of rotatable bonds is 3. The topological polar surface area (TPSA) is 60.4 Å². The van der Waals surface area contributed by atoms with Gasteiger partial charge in [0.05, 0.1) is 6.61 Å². The summed E-state index contributed by atoms with van der Waals surface area (Å²) in [4.78, 5) is 29.0. The fourth-order valence-electron chi connectivity index (χ4n) is 0.360. The van der Waals surface area contributed by atoms with Gasteiger partial charge < -0.3 is 14.3 Å². The minimum atomic E-state index is -0.182. The third-order valence-corrected chi connectivity index (χ3v) is 0.803. The molecule has 4 nitrogen and oxygen atoms in total. The highest BCUT2D eigenvalue weighted by Crippen LogP contribution is 1.86. The van der Waals surface area contributed by atoms with Gasteiger partial charge >= 0.3 is 5.97 Å². The zero-order valence-corrected chi connectivity index (χ0v) is 11.3. The number of carbonyl (C=O) groups is 3. The summed E-state index contributed by atoms with van der Waals surface area (Å²) in [5.74, 6) is 0.151. The van der Waals surface area contributed by atoms with Gasteiger partial charge in [-0.1, -0.05) is 13.3 Å². The number of esters is 1. The first kappa shape index (κ1) is 20.3. The maximum atomic E-state index is 10.1. The molecule has 0 aromatic heterocycles. The van der Waals surface area contributed by atoms with E-state index in [1.807, 2.05) is 0 Å². The second kappa shape index (κ2) is 16.2. The average Bonchev–Trinajstić information content (AvgIpc) is 2.01. The van der Waals surface area contributed by atoms with Gasteiger partial charge in [0.1, 0.15) is 11.6 Å². The Hall–Kier alpha value is -1.19. The Morgan fingerprint density at radius 3 is 1.38 bits per heavy atom. The molecule has 0 aromatic rings. The minimum absolute atomic E-state index is 0.167. The van der Waals surface area contributed by atoms with E-state index in [0.717, 1.165) is 12.8 Å². The Labute approximate surface area is 98.4 Å². The molecular weight excluding hydrogens is 208 g/mol. The summed E-state index contributed by atoms with van der Waals surface area (Å²) in [6.45, 7) is 10.2. The largest absolute Gasteiger partial charge is 0.466 e. The summed E-state index contributed by atoms with van der Waals surface area (Å²) in [6, 6.07) is 0. The third kappa shape index (κ3) is 123. The van der Waals surface area contributed by atoms with E-state index < -0.39 is 0 Å². The fraction of sp³-hybridized carbons (Fsp3) is 0.750. The van der Waals surface area contributed by atoms with E-state index in [0.29, 0.717) is 6.61 Å². The van der Waals surface area contributed by atoms with Crippen LogP contribution in [0.2, 0.25) is 0 Å². The molecule has 0 saturated carbocycles. The second-order valence-corrected chi connectivity index (χ2v) is 3.51. The number of hydrogen-bond donors (Lipinski definition) is 0. The SMILES string of the molecule is CC(C)=O.CC(C)=O.CCCCOC(C)=O. The van der Waals surface area contributed by atoms with Crippen LogP contribution in [0.1, 0.15) is 54.4 Å². The minimum Gasteiger partial charge on any atom is -0.466 e. The third-order valence-electron chi connectivity index (χ3n) is 0.803. The summed E-state index contributed by atoms with van der Waals surface area (Å²) in [6.07, 6.45) is 2.05. The zero-order chi connectivity index (χ0) is 13.6. The van der Waals surface area contributed by atoms with Crippen molar-refractivity contribution in [2.45, 2.75) is 54.4 Å². The van der Waals surface area contributed by atoms with Crippen molar-refractivity contribution in [2.75, 3.05) is 6.61 Å². The van der Waals surface area contributed by atoms with Gasteiger partial charge in [-0.25, -0.2) is 0 Å². The van der Waals surface area contributed by atoms with Crippen molar-refractivity contribution in [3.8, 4) is 0 Å². The molecule has 0 heterocycles. The van der Waals surface area contributed by atoms with E-state index >= 15 is 0 Å². The molecule has 0 saturated heterocycles. The molecule has 0 aromatic carbocycles. The summed E-state index contributed by atoms with van der Waals surface area (Å²) in [5, 5.41) is 0. The predicted octanol–water partition coefficient (Wildman–Crippen LogP) is 2.54. The molecule has 0 atom stereocenters. The molecule has 4 heteroatoms. The van der Waals surface area contributed by atoms with Crippen LogP contribution in [0.4, 0.5) is 0 Å². The maximum Gasteiger partial charge on any atom is 0.302 e. The number of unbranched alkanes of at least 4 members (excludes halogenated alkanes) is 1. The van der Waals surface area contributed by atoms with Gasteiger partial charge in [0.2, 0.25) is 0 Å². The molecule has 0 N–H and O–H groups in total. The van der Waals surface area contributed by atoms with E-state index in [9.17, 15) is 14.4 Å². The highest BCUT2D eigenvalue weighted by Gasteiger charge is 1.88. The Kier molecular flexibility index (Phi) is 20.6. The number of carbonyl (C=O) groups excluding carboxylic acids is 3. The van der Waals surface area contributed by atoms with Crippen LogP contribution in [0, 0.1) is 0 Å². The molecule has 0 bridgehead atoms. The normalized spacial score (nSPS) is 7.62. The van der Waals surface area contributed by atoms with Crippen molar-refractivity contribution < 1.29 is 19.1 Å². The summed E-state index contributed by atoms with van der Waals surface area (Å²) < 4.78 is 4.64. The molecule has 0 aliphatic heterocycles. The molecule has 16 heavy (non-hydrogen) atoms. The second-order valence-electron chi connectivity index (χ2n) is 3.51. The van der Waals surface area contributed by atoms with Gasteiger partial charge in [-0.2, -0.15) is 0 Å². The summed E-state index contributed by atoms with van der Waals surface area (Å²) >= 11 is 0. The first-order chi connectivity index (χ1) is 7.23. The van der Waals surface area contributed by atoms with Crippen molar-refractivity contribution in [2.24, 2.45) is 0 Å². The lowest BCUT2D eigenvalue weighted by atomic mass is 10.4. The maximum absolute atomic E-state index is 10.1. The first-order valence-electron chi connectivity index (χ1n) is 5.31. The Morgan fingerprint density at radius 1 is 0.875 bits per heavy atom. The van der Waals surface area contributed by atoms with Crippen LogP contribution < -0.4 is 0 Å². The number of ether oxygens (including phenoxy) is 1. The van der Waals surface area contributed by atoms with Gasteiger partial charge in [0.15, 0.2) is 0 Å². The monoisotopic (exact) mass is 232 g/mol. The first-order valence-corrected chi connectivity index (χ1v) is 5.31. The van der Waals surface area contributed by atoms with Gasteiger partial charge in [0, 0.05) is 6.92 Å². The molecule has 0 unspecified atom stereocenters. The van der Waals surface area contributed by atoms with Crippen LogP contribution in [-0.2, 0) is 19.1 Å². The lowest BCUT2D eigenvalue weighted by Gasteiger charge is -1.96. The number of hydrogen-bond acceptors (Lipinski definition) is 4. The molecule has 0 spiro atoms. The van der Waals surface area contributed by atoms with E-state index in [1.54, 1.807) is 0 Å². The van der Waals surface area contributed by atoms with Crippen molar-refractivity contribution >= 4 is 17.5 Å². The summed E-state index contributed by atoms with van der Waals surface area (Å²) in [7, 11) is 0. The van der Waals surface area contributed by atoms with Crippen LogP contribution >= 0.6 is 0 Å². The lowest BCUT2D eigenvalue weighted by molar-refractivity contribution is -0.141. The van der Waals surface area contributed by atoms with E-state index in [1.165, 1.54) is 34.6 Å². The molecule has 96 valence electrons. The van der Waals surface area contributed by atoms with E-state index in [2.05, 4.69) is 11.7 Å². The molecule has 0 rings (SSSR count). The van der Waals surface area contributed by atoms with Crippen LogP contribution in [0.25, 0.3) is 0 Å². The molecular formula is C12H24O4. The van der Waals surface area contributed by atoms with Crippen molar-refractivity contribution in [3.63, 3.8) is 0 Å². The molecule has 0 amide bonds. The molecule has 0 aliphatic rings. The standard InChI is InChI=1S/C6H12O2.2C3H6O/c1-3-4-5-8-6(2)7;2*1-3(2)4/h3-5H2,1-2H3;2*1-2H3. The smallest absolute Gasteiger partial charge is 0.302 e. The van der Waals surface area contributed by atoms with Gasteiger partial charge in [-0.05, 0) is 34.1 Å². The van der Waals surface area contributed by atoms with Gasteiger partial charge in [0.25, 0.3) is 0 Å². The lowest BCUT2D eigenvalue weighted by Crippen LogP contribution is -1.99. The van der Waals surface area contributed by atoms with E-state index in [-0.39, 0.29) is 17.5 Å². The van der Waals surface area contributed by atoms with Crippen LogP contribution in [0.15, 0.2) is 0 Å². The van der Waals surface area contributed by atoms with Gasteiger partial charge in [-0.3, -0.25) is 4.79 Å². The predicted molar refractivity (Wildman–Crippen MR) is 64.3 cm³/mol. The summed E-state index contributed by atoms with van der Waals surface area (Å²) in [5.41, 5.74) is 0. The van der Waals surface area contributed by atoms with E-state index in [4.69, 9.17) is 0 Å². The zero-order valence-electron chi connectivity index (χ0n) is 11.3. The number of ketones is 2. The number of Topliss-reactive ketones (excluding diaryl/α,β-unsaturated/α-hetero) is 2. The quantitative estimate of drug-likeness (QED) is 0.554. The molecule has 0 aliphatic carbocycles. The molecule has 0 radical (unpaired) electrons. The Morgan fingerprint density at radius 2 is 1.19 bits per heavy atom. The van der Waals surface area contributed by atoms with Crippen LogP contribution in [0.5, 0.6) is 0 Å².